The fourth-order valence-corrected chi connectivity index (χ4v) is 2.03. The molecule has 3 nitrogen and oxygen atoms in total. The average molecular weight is 373 g/mol. The molecule has 0 aromatic heterocycles. The Bertz CT molecular complexity index is 488. The fraction of sp³-hybridized carbons (Fsp3) is 0.750. The lowest BCUT2D eigenvalue weighted by atomic mass is 10.1. The predicted octanol–water partition coefficient (Wildman–Crippen LogP) is 4.11. The van der Waals surface area contributed by atoms with Gasteiger partial charge in [0.2, 0.25) is 0 Å². The molecule has 11 heteroatoms. The second-order valence-electron chi connectivity index (χ2n) is 5.52. The Morgan fingerprint density at radius 1 is 1.17 bits per heavy atom. The standard InChI is InChI=1S/C12H12ClF7O3/c1-9(2)6(8(9)22-5-21)3-7(13)11(16,17)23-4-10(14,15)12(18,19)20/h3,5-6,8H,4H2,1-2H3. The Kier molecular flexibility index (Phi) is 5.32. The lowest BCUT2D eigenvalue weighted by Gasteiger charge is -2.23. The van der Waals surface area contributed by atoms with E-state index in [4.69, 9.17) is 11.6 Å². The lowest BCUT2D eigenvalue weighted by molar-refractivity contribution is -0.323. The highest BCUT2D eigenvalue weighted by atomic mass is 35.5. The quantitative estimate of drug-likeness (QED) is 0.498. The minimum absolute atomic E-state index is 0.104. The summed E-state index contributed by atoms with van der Waals surface area (Å²) in [5.74, 6) is -6.20. The minimum Gasteiger partial charge on any atom is -0.463 e. The molecule has 0 aliphatic heterocycles. The topological polar surface area (TPSA) is 35.5 Å². The number of halogens is 8. The smallest absolute Gasteiger partial charge is 0.455 e. The molecule has 1 rings (SSSR count). The van der Waals surface area contributed by atoms with Gasteiger partial charge in [0.15, 0.2) is 0 Å². The van der Waals surface area contributed by atoms with Crippen molar-refractivity contribution in [2.75, 3.05) is 6.61 Å². The summed E-state index contributed by atoms with van der Waals surface area (Å²) in [5, 5.41) is -1.37. The number of hydrogen-bond donors (Lipinski definition) is 0. The molecule has 1 aliphatic carbocycles. The number of carbonyl (C=O) groups is 1. The van der Waals surface area contributed by atoms with Crippen LogP contribution in [0.5, 0.6) is 0 Å². The van der Waals surface area contributed by atoms with Crippen LogP contribution in [0.25, 0.3) is 0 Å². The highest BCUT2D eigenvalue weighted by Crippen LogP contribution is 2.56. The zero-order valence-corrected chi connectivity index (χ0v) is 12.5. The van der Waals surface area contributed by atoms with Gasteiger partial charge in [0.05, 0.1) is 0 Å². The highest BCUT2D eigenvalue weighted by Gasteiger charge is 2.61. The SMILES string of the molecule is CC1(C)C(C=C(Cl)C(F)(F)OCC(F)(F)C(F)(F)F)C1OC=O. The van der Waals surface area contributed by atoms with Crippen LogP contribution in [0.3, 0.4) is 0 Å². The summed E-state index contributed by atoms with van der Waals surface area (Å²) in [5.41, 5.74) is -0.729. The Morgan fingerprint density at radius 2 is 1.70 bits per heavy atom. The second-order valence-corrected chi connectivity index (χ2v) is 5.93. The maximum absolute atomic E-state index is 13.5. The zero-order chi connectivity index (χ0) is 18.3. The van der Waals surface area contributed by atoms with Gasteiger partial charge in [-0.25, -0.2) is 0 Å². The minimum atomic E-state index is -6.03. The Hall–Kier alpha value is -1.03. The summed E-state index contributed by atoms with van der Waals surface area (Å²) in [6.07, 6.45) is -10.6. The predicted molar refractivity (Wildman–Crippen MR) is 64.0 cm³/mol. The molecule has 0 radical (unpaired) electrons. The van der Waals surface area contributed by atoms with Gasteiger partial charge in [-0.15, -0.1) is 0 Å². The van der Waals surface area contributed by atoms with Crippen LogP contribution in [0, 0.1) is 11.3 Å². The van der Waals surface area contributed by atoms with Crippen molar-refractivity contribution < 1.29 is 45.0 Å². The third kappa shape index (κ3) is 4.28. The molecule has 0 amide bonds. The van der Waals surface area contributed by atoms with Crippen LogP contribution in [-0.2, 0) is 14.3 Å². The van der Waals surface area contributed by atoms with Gasteiger partial charge < -0.3 is 9.47 Å². The van der Waals surface area contributed by atoms with E-state index in [-0.39, 0.29) is 6.47 Å². The molecule has 0 aromatic rings. The largest absolute Gasteiger partial charge is 0.463 e. The molecule has 2 atom stereocenters. The first-order valence-electron chi connectivity index (χ1n) is 6.10. The van der Waals surface area contributed by atoms with Crippen LogP contribution >= 0.6 is 11.6 Å². The molecule has 0 bridgehead atoms. The van der Waals surface area contributed by atoms with Crippen molar-refractivity contribution in [1.82, 2.24) is 0 Å². The highest BCUT2D eigenvalue weighted by molar-refractivity contribution is 6.30. The van der Waals surface area contributed by atoms with Crippen LogP contribution in [-0.4, -0.2) is 37.4 Å². The van der Waals surface area contributed by atoms with Gasteiger partial charge in [-0.2, -0.15) is 30.7 Å². The molecule has 0 N–H and O–H groups in total. The van der Waals surface area contributed by atoms with E-state index >= 15 is 0 Å². The summed E-state index contributed by atoms with van der Waals surface area (Å²) in [7, 11) is 0. The third-order valence-corrected chi connectivity index (χ3v) is 3.81. The first-order chi connectivity index (χ1) is 10.2. The van der Waals surface area contributed by atoms with Crippen molar-refractivity contribution in [2.24, 2.45) is 11.3 Å². The maximum atomic E-state index is 13.5. The lowest BCUT2D eigenvalue weighted by Crippen LogP contribution is -2.43. The number of ether oxygens (including phenoxy) is 2. The van der Waals surface area contributed by atoms with Crippen molar-refractivity contribution >= 4 is 18.1 Å². The van der Waals surface area contributed by atoms with Crippen molar-refractivity contribution in [1.29, 1.82) is 0 Å². The molecule has 2 unspecified atom stereocenters. The Morgan fingerprint density at radius 3 is 2.13 bits per heavy atom. The normalized spacial score (nSPS) is 25.2. The first-order valence-corrected chi connectivity index (χ1v) is 6.48. The molecular formula is C12H12ClF7O3. The first kappa shape index (κ1) is 20.0. The van der Waals surface area contributed by atoms with Crippen molar-refractivity contribution in [3.8, 4) is 0 Å². The van der Waals surface area contributed by atoms with Crippen LogP contribution in [0.4, 0.5) is 30.7 Å². The van der Waals surface area contributed by atoms with Gasteiger partial charge in [-0.3, -0.25) is 4.79 Å². The van der Waals surface area contributed by atoms with Gasteiger partial charge >= 0.3 is 18.2 Å². The third-order valence-electron chi connectivity index (χ3n) is 3.47. The maximum Gasteiger partial charge on any atom is 0.455 e. The average Bonchev–Trinajstić information content (AvgIpc) is 2.87. The van der Waals surface area contributed by atoms with E-state index < -0.39 is 47.3 Å². The summed E-state index contributed by atoms with van der Waals surface area (Å²) in [6.45, 7) is 0.634. The summed E-state index contributed by atoms with van der Waals surface area (Å²) in [4.78, 5) is 10.2. The van der Waals surface area contributed by atoms with E-state index in [2.05, 4.69) is 9.47 Å². The van der Waals surface area contributed by atoms with Crippen LogP contribution in [0.2, 0.25) is 0 Å². The number of rotatable bonds is 7. The van der Waals surface area contributed by atoms with E-state index in [0.717, 1.165) is 0 Å². The summed E-state index contributed by atoms with van der Waals surface area (Å²) >= 11 is 5.26. The molecule has 0 heterocycles. The van der Waals surface area contributed by atoms with Crippen molar-refractivity contribution in [3.05, 3.63) is 11.1 Å². The van der Waals surface area contributed by atoms with Gasteiger partial charge in [0.1, 0.15) is 17.7 Å². The van der Waals surface area contributed by atoms with Crippen LogP contribution in [0.15, 0.2) is 11.1 Å². The molecule has 23 heavy (non-hydrogen) atoms. The number of carbonyl (C=O) groups excluding carboxylic acids is 1. The van der Waals surface area contributed by atoms with E-state index in [0.29, 0.717) is 6.08 Å². The second kappa shape index (κ2) is 6.12. The Labute approximate surface area is 131 Å². The van der Waals surface area contributed by atoms with Gasteiger partial charge in [0.25, 0.3) is 6.47 Å². The van der Waals surface area contributed by atoms with E-state index in [1.165, 1.54) is 0 Å². The summed E-state index contributed by atoms with van der Waals surface area (Å²) in [6, 6.07) is 0. The molecule has 1 aliphatic rings. The van der Waals surface area contributed by atoms with Gasteiger partial charge in [0, 0.05) is 11.3 Å². The zero-order valence-electron chi connectivity index (χ0n) is 11.8. The van der Waals surface area contributed by atoms with Gasteiger partial charge in [-0.05, 0) is 0 Å². The summed E-state index contributed by atoms with van der Waals surface area (Å²) < 4.78 is 95.7. The molecule has 134 valence electrons. The van der Waals surface area contributed by atoms with Gasteiger partial charge in [-0.1, -0.05) is 31.5 Å². The number of alkyl halides is 7. The van der Waals surface area contributed by atoms with Crippen LogP contribution in [0.1, 0.15) is 13.8 Å². The molecular weight excluding hydrogens is 361 g/mol. The molecule has 0 saturated heterocycles. The molecule has 1 fully saturated rings. The molecule has 1 saturated carbocycles. The molecule has 0 aromatic carbocycles. The van der Waals surface area contributed by atoms with E-state index in [9.17, 15) is 35.5 Å². The van der Waals surface area contributed by atoms with Crippen molar-refractivity contribution in [2.45, 2.75) is 38.2 Å². The molecule has 0 spiro atoms. The van der Waals surface area contributed by atoms with Crippen molar-refractivity contribution in [3.63, 3.8) is 0 Å². The Balaban J connectivity index is 2.77. The van der Waals surface area contributed by atoms with Crippen LogP contribution < -0.4 is 0 Å². The van der Waals surface area contributed by atoms with E-state index in [1.54, 1.807) is 13.8 Å². The fourth-order valence-electron chi connectivity index (χ4n) is 1.84. The number of hydrogen-bond acceptors (Lipinski definition) is 3. The monoisotopic (exact) mass is 372 g/mol. The van der Waals surface area contributed by atoms with E-state index in [1.807, 2.05) is 0 Å².